The van der Waals surface area contributed by atoms with Crippen LogP contribution in [-0.4, -0.2) is 32.3 Å². The van der Waals surface area contributed by atoms with Gasteiger partial charge in [-0.25, -0.2) is 4.99 Å². The lowest BCUT2D eigenvalue weighted by atomic mass is 10.1. The Balaban J connectivity index is 0.00000484. The van der Waals surface area contributed by atoms with Crippen molar-refractivity contribution in [1.29, 1.82) is 0 Å². The fraction of sp³-hybridized carbons (Fsp3) is 0.588. The number of nitrogens with two attached hydrogens (primary N) is 1. The van der Waals surface area contributed by atoms with Crippen LogP contribution in [0.1, 0.15) is 37.8 Å². The van der Waals surface area contributed by atoms with E-state index in [4.69, 9.17) is 15.2 Å². The molecule has 1 aromatic carbocycles. The summed E-state index contributed by atoms with van der Waals surface area (Å²) in [4.78, 5) is 4.37. The first-order chi connectivity index (χ1) is 10.7. The molecule has 3 N–H and O–H groups in total. The van der Waals surface area contributed by atoms with Gasteiger partial charge in [0.25, 0.3) is 0 Å². The number of guanidine groups is 1. The number of hydrogen-bond acceptors (Lipinski definition) is 3. The van der Waals surface area contributed by atoms with Gasteiger partial charge in [-0.05, 0) is 38.3 Å². The summed E-state index contributed by atoms with van der Waals surface area (Å²) in [5, 5.41) is 3.09. The SMILES string of the molecule is CCCOc1cc(C)ccc1CN=C(N)NCCCOCC.I. The topological polar surface area (TPSA) is 68.9 Å². The molecular formula is C17H30IN3O2. The van der Waals surface area contributed by atoms with Crippen LogP contribution in [0.5, 0.6) is 5.75 Å². The third-order valence-corrected chi connectivity index (χ3v) is 3.08. The third kappa shape index (κ3) is 9.65. The molecule has 6 heteroatoms. The Morgan fingerprint density at radius 2 is 2.04 bits per heavy atom. The lowest BCUT2D eigenvalue weighted by molar-refractivity contribution is 0.145. The van der Waals surface area contributed by atoms with E-state index in [1.54, 1.807) is 0 Å². The van der Waals surface area contributed by atoms with Gasteiger partial charge < -0.3 is 20.5 Å². The minimum Gasteiger partial charge on any atom is -0.493 e. The van der Waals surface area contributed by atoms with E-state index in [1.165, 1.54) is 5.56 Å². The molecule has 0 radical (unpaired) electrons. The van der Waals surface area contributed by atoms with Gasteiger partial charge in [0.05, 0.1) is 13.2 Å². The van der Waals surface area contributed by atoms with Crippen molar-refractivity contribution in [2.45, 2.75) is 40.2 Å². The van der Waals surface area contributed by atoms with Crippen LogP contribution in [0.15, 0.2) is 23.2 Å². The van der Waals surface area contributed by atoms with Crippen molar-refractivity contribution in [2.75, 3.05) is 26.4 Å². The summed E-state index contributed by atoms with van der Waals surface area (Å²) in [5.74, 6) is 1.35. The Hall–Kier alpha value is -1.02. The van der Waals surface area contributed by atoms with Crippen LogP contribution in [0.2, 0.25) is 0 Å². The largest absolute Gasteiger partial charge is 0.493 e. The summed E-state index contributed by atoms with van der Waals surface area (Å²) < 4.78 is 11.0. The number of nitrogens with zero attached hydrogens (tertiary/aromatic N) is 1. The van der Waals surface area contributed by atoms with E-state index in [0.29, 0.717) is 19.1 Å². The number of aliphatic imine (C=N–C) groups is 1. The Morgan fingerprint density at radius 1 is 1.26 bits per heavy atom. The molecule has 0 spiro atoms. The van der Waals surface area contributed by atoms with Crippen LogP contribution in [0.25, 0.3) is 0 Å². The van der Waals surface area contributed by atoms with Crippen molar-refractivity contribution in [1.82, 2.24) is 5.32 Å². The normalized spacial score (nSPS) is 11.0. The van der Waals surface area contributed by atoms with Gasteiger partial charge in [-0.1, -0.05) is 19.1 Å². The van der Waals surface area contributed by atoms with Crippen molar-refractivity contribution in [2.24, 2.45) is 10.7 Å². The summed E-state index contributed by atoms with van der Waals surface area (Å²) >= 11 is 0. The summed E-state index contributed by atoms with van der Waals surface area (Å²) in [6.45, 7) is 9.62. The first-order valence-corrected chi connectivity index (χ1v) is 8.01. The number of ether oxygens (including phenoxy) is 2. The monoisotopic (exact) mass is 435 g/mol. The van der Waals surface area contributed by atoms with Crippen LogP contribution in [0, 0.1) is 6.92 Å². The molecule has 0 unspecified atom stereocenters. The molecular weight excluding hydrogens is 405 g/mol. The Morgan fingerprint density at radius 3 is 2.74 bits per heavy atom. The van der Waals surface area contributed by atoms with Crippen molar-refractivity contribution >= 4 is 29.9 Å². The highest BCUT2D eigenvalue weighted by Gasteiger charge is 2.04. The van der Waals surface area contributed by atoms with Crippen molar-refractivity contribution in [3.8, 4) is 5.75 Å². The summed E-state index contributed by atoms with van der Waals surface area (Å²) in [5.41, 5.74) is 8.11. The molecule has 0 aliphatic carbocycles. The third-order valence-electron chi connectivity index (χ3n) is 3.08. The second-order valence-electron chi connectivity index (χ2n) is 5.14. The van der Waals surface area contributed by atoms with Crippen molar-refractivity contribution in [3.05, 3.63) is 29.3 Å². The molecule has 1 aromatic rings. The van der Waals surface area contributed by atoms with Gasteiger partial charge >= 0.3 is 0 Å². The minimum atomic E-state index is 0. The molecule has 0 atom stereocenters. The number of rotatable bonds is 10. The molecule has 0 heterocycles. The minimum absolute atomic E-state index is 0. The second-order valence-corrected chi connectivity index (χ2v) is 5.14. The molecule has 0 bridgehead atoms. The van der Waals surface area contributed by atoms with Crippen LogP contribution in [0.4, 0.5) is 0 Å². The van der Waals surface area contributed by atoms with Gasteiger partial charge in [0.1, 0.15) is 5.75 Å². The summed E-state index contributed by atoms with van der Waals surface area (Å²) in [7, 11) is 0. The number of halogens is 1. The zero-order chi connectivity index (χ0) is 16.2. The first kappa shape index (κ1) is 22.0. The van der Waals surface area contributed by atoms with Crippen molar-refractivity contribution in [3.63, 3.8) is 0 Å². The van der Waals surface area contributed by atoms with E-state index in [9.17, 15) is 0 Å². The van der Waals surface area contributed by atoms with Crippen LogP contribution < -0.4 is 15.8 Å². The molecule has 23 heavy (non-hydrogen) atoms. The predicted molar refractivity (Wildman–Crippen MR) is 107 cm³/mol. The number of aryl methyl sites for hydroxylation is 1. The van der Waals surface area contributed by atoms with Gasteiger partial charge in [0.15, 0.2) is 5.96 Å². The van der Waals surface area contributed by atoms with Gasteiger partial charge in [-0.2, -0.15) is 0 Å². The zero-order valence-electron chi connectivity index (χ0n) is 14.4. The van der Waals surface area contributed by atoms with E-state index >= 15 is 0 Å². The lowest BCUT2D eigenvalue weighted by Gasteiger charge is -2.11. The predicted octanol–water partition coefficient (Wildman–Crippen LogP) is 3.23. The number of nitrogens with one attached hydrogen (secondary N) is 1. The molecule has 0 aliphatic rings. The molecule has 132 valence electrons. The van der Waals surface area contributed by atoms with Crippen LogP contribution in [0.3, 0.4) is 0 Å². The zero-order valence-corrected chi connectivity index (χ0v) is 16.8. The van der Waals surface area contributed by atoms with Crippen LogP contribution in [-0.2, 0) is 11.3 Å². The maximum absolute atomic E-state index is 5.87. The average Bonchev–Trinajstić information content (AvgIpc) is 2.51. The van der Waals surface area contributed by atoms with E-state index in [-0.39, 0.29) is 24.0 Å². The Labute approximate surface area is 157 Å². The number of hydrogen-bond donors (Lipinski definition) is 2. The molecule has 0 aromatic heterocycles. The highest BCUT2D eigenvalue weighted by Crippen LogP contribution is 2.21. The lowest BCUT2D eigenvalue weighted by Crippen LogP contribution is -2.32. The van der Waals surface area contributed by atoms with Crippen molar-refractivity contribution < 1.29 is 9.47 Å². The van der Waals surface area contributed by atoms with Gasteiger partial charge in [-0.15, -0.1) is 24.0 Å². The fourth-order valence-corrected chi connectivity index (χ4v) is 1.90. The smallest absolute Gasteiger partial charge is 0.188 e. The quantitative estimate of drug-likeness (QED) is 0.256. The molecule has 0 fully saturated rings. The molecule has 0 aliphatic heterocycles. The van der Waals surface area contributed by atoms with E-state index in [2.05, 4.69) is 30.2 Å². The highest BCUT2D eigenvalue weighted by molar-refractivity contribution is 14.0. The number of benzene rings is 1. The first-order valence-electron chi connectivity index (χ1n) is 8.01. The van der Waals surface area contributed by atoms with Gasteiger partial charge in [0.2, 0.25) is 0 Å². The molecule has 0 amide bonds. The Kier molecular flexibility index (Phi) is 12.8. The van der Waals surface area contributed by atoms with Gasteiger partial charge in [0, 0.05) is 25.3 Å². The maximum atomic E-state index is 5.87. The molecule has 5 nitrogen and oxygen atoms in total. The van der Waals surface area contributed by atoms with E-state index < -0.39 is 0 Å². The average molecular weight is 435 g/mol. The molecule has 1 rings (SSSR count). The molecule has 0 saturated carbocycles. The van der Waals surface area contributed by atoms with E-state index in [1.807, 2.05) is 19.1 Å². The summed E-state index contributed by atoms with van der Waals surface area (Å²) in [6, 6.07) is 6.16. The van der Waals surface area contributed by atoms with Crippen LogP contribution >= 0.6 is 24.0 Å². The Bertz CT molecular complexity index is 467. The molecule has 0 saturated heterocycles. The second kappa shape index (κ2) is 13.4. The van der Waals surface area contributed by atoms with E-state index in [0.717, 1.165) is 43.9 Å². The summed E-state index contributed by atoms with van der Waals surface area (Å²) in [6.07, 6.45) is 1.90. The fourth-order valence-electron chi connectivity index (χ4n) is 1.90. The maximum Gasteiger partial charge on any atom is 0.188 e. The van der Waals surface area contributed by atoms with Gasteiger partial charge in [-0.3, -0.25) is 0 Å². The standard InChI is InChI=1S/C17H29N3O2.HI/c1-4-10-22-16-12-14(3)7-8-15(16)13-20-17(18)19-9-6-11-21-5-2;/h7-8,12H,4-6,9-11,13H2,1-3H3,(H3,18,19,20);1H. The highest BCUT2D eigenvalue weighted by atomic mass is 127.